The number of aromatic nitrogens is 1. The van der Waals surface area contributed by atoms with Gasteiger partial charge in [-0.15, -0.1) is 24.8 Å². The molecule has 1 atom stereocenters. The highest BCUT2D eigenvalue weighted by atomic mass is 35.5. The summed E-state index contributed by atoms with van der Waals surface area (Å²) in [7, 11) is 0. The maximum absolute atomic E-state index is 12.3. The number of carbonyl (C=O) groups is 1. The molecular weight excluding hydrogens is 385 g/mol. The Hall–Kier alpha value is -1.82. The van der Waals surface area contributed by atoms with Crippen LogP contribution < -0.4 is 15.4 Å². The summed E-state index contributed by atoms with van der Waals surface area (Å²) in [5.74, 6) is 1.79. The molecule has 1 unspecified atom stereocenters. The highest BCUT2D eigenvalue weighted by Gasteiger charge is 2.17. The molecule has 1 aliphatic rings. The van der Waals surface area contributed by atoms with E-state index in [9.17, 15) is 4.79 Å². The minimum Gasteiger partial charge on any atom is -0.437 e. The number of benzene rings is 1. The van der Waals surface area contributed by atoms with E-state index in [1.54, 1.807) is 12.3 Å². The zero-order chi connectivity index (χ0) is 17.6. The molecule has 1 fully saturated rings. The molecule has 2 heterocycles. The average Bonchev–Trinajstić information content (AvgIpc) is 3.12. The lowest BCUT2D eigenvalue weighted by Crippen LogP contribution is -2.15. The van der Waals surface area contributed by atoms with E-state index in [1.807, 2.05) is 38.1 Å². The van der Waals surface area contributed by atoms with Crippen LogP contribution in [0.1, 0.15) is 30.4 Å². The van der Waals surface area contributed by atoms with Crippen LogP contribution in [0.15, 0.2) is 36.5 Å². The first kappa shape index (κ1) is 23.2. The van der Waals surface area contributed by atoms with Gasteiger partial charge in [0.1, 0.15) is 11.4 Å². The van der Waals surface area contributed by atoms with E-state index in [1.165, 1.54) is 0 Å². The first-order valence-electron chi connectivity index (χ1n) is 8.83. The summed E-state index contributed by atoms with van der Waals surface area (Å²) in [4.78, 5) is 16.6. The number of halogens is 2. The first-order chi connectivity index (χ1) is 12.1. The third-order valence-electron chi connectivity index (χ3n) is 4.75. The number of hydrogen-bond acceptors (Lipinski definition) is 4. The fourth-order valence-electron chi connectivity index (χ4n) is 3.01. The van der Waals surface area contributed by atoms with Crippen molar-refractivity contribution in [2.24, 2.45) is 5.92 Å². The molecular formula is C20H27Cl2N3O2. The molecule has 3 rings (SSSR count). The predicted octanol–water partition coefficient (Wildman–Crippen LogP) is 4.66. The van der Waals surface area contributed by atoms with Gasteiger partial charge in [0.15, 0.2) is 0 Å². The van der Waals surface area contributed by atoms with Crippen LogP contribution in [0.2, 0.25) is 0 Å². The largest absolute Gasteiger partial charge is 0.437 e. The summed E-state index contributed by atoms with van der Waals surface area (Å²) < 4.78 is 5.96. The van der Waals surface area contributed by atoms with Crippen LogP contribution in [0.5, 0.6) is 11.6 Å². The third-order valence-corrected chi connectivity index (χ3v) is 4.75. The molecule has 2 N–H and O–H groups in total. The highest BCUT2D eigenvalue weighted by Crippen LogP contribution is 2.30. The smallest absolute Gasteiger partial charge is 0.243 e. The Kier molecular flexibility index (Phi) is 9.56. The number of pyridine rings is 1. The molecule has 1 aliphatic heterocycles. The molecule has 27 heavy (non-hydrogen) atoms. The van der Waals surface area contributed by atoms with Gasteiger partial charge in [-0.3, -0.25) is 4.79 Å². The van der Waals surface area contributed by atoms with Crippen molar-refractivity contribution in [2.45, 2.75) is 33.1 Å². The van der Waals surface area contributed by atoms with Crippen molar-refractivity contribution in [1.29, 1.82) is 0 Å². The molecule has 1 saturated heterocycles. The predicted molar refractivity (Wildman–Crippen MR) is 114 cm³/mol. The van der Waals surface area contributed by atoms with E-state index in [0.29, 0.717) is 23.9 Å². The average molecular weight is 412 g/mol. The highest BCUT2D eigenvalue weighted by molar-refractivity contribution is 5.91. The van der Waals surface area contributed by atoms with E-state index in [0.717, 1.165) is 42.8 Å². The van der Waals surface area contributed by atoms with Crippen LogP contribution in [0.4, 0.5) is 5.69 Å². The Labute approximate surface area is 173 Å². The summed E-state index contributed by atoms with van der Waals surface area (Å²) in [6.45, 7) is 6.13. The lowest BCUT2D eigenvalue weighted by molar-refractivity contribution is -0.116. The number of ether oxygens (including phenoxy) is 1. The second-order valence-corrected chi connectivity index (χ2v) is 6.60. The Balaban J connectivity index is 0.00000182. The summed E-state index contributed by atoms with van der Waals surface area (Å²) in [5, 5.41) is 6.27. The van der Waals surface area contributed by atoms with Crippen molar-refractivity contribution < 1.29 is 9.53 Å². The van der Waals surface area contributed by atoms with Gasteiger partial charge in [0.2, 0.25) is 11.8 Å². The van der Waals surface area contributed by atoms with Crippen LogP contribution in [0, 0.1) is 19.8 Å². The summed E-state index contributed by atoms with van der Waals surface area (Å²) in [6.07, 6.45) is 4.25. The standard InChI is InChI=1S/C20H25N3O2.2ClH/c1-14-5-3-7-18(15(14)2)25-20-17(6-4-11-22-20)23-19(24)9-8-16-10-12-21-13-16;;/h3-7,11,16,21H,8-10,12-13H2,1-2H3,(H,23,24);2*1H. The number of hydrogen-bond donors (Lipinski definition) is 2. The minimum atomic E-state index is 0. The quantitative estimate of drug-likeness (QED) is 0.724. The molecule has 1 aromatic heterocycles. The molecule has 0 radical (unpaired) electrons. The summed E-state index contributed by atoms with van der Waals surface area (Å²) >= 11 is 0. The lowest BCUT2D eigenvalue weighted by Gasteiger charge is -2.14. The van der Waals surface area contributed by atoms with Crippen LogP contribution >= 0.6 is 24.8 Å². The zero-order valence-corrected chi connectivity index (χ0v) is 17.3. The van der Waals surface area contributed by atoms with Crippen molar-refractivity contribution in [3.8, 4) is 11.6 Å². The van der Waals surface area contributed by atoms with Crippen LogP contribution in [0.25, 0.3) is 0 Å². The van der Waals surface area contributed by atoms with E-state index in [-0.39, 0.29) is 30.7 Å². The van der Waals surface area contributed by atoms with Gasteiger partial charge in [-0.05, 0) is 75.0 Å². The van der Waals surface area contributed by atoms with Gasteiger partial charge in [-0.1, -0.05) is 12.1 Å². The van der Waals surface area contributed by atoms with Crippen molar-refractivity contribution in [1.82, 2.24) is 10.3 Å². The van der Waals surface area contributed by atoms with Crippen molar-refractivity contribution >= 4 is 36.4 Å². The van der Waals surface area contributed by atoms with Crippen LogP contribution in [-0.4, -0.2) is 24.0 Å². The molecule has 1 amide bonds. The van der Waals surface area contributed by atoms with Crippen LogP contribution in [0.3, 0.4) is 0 Å². The molecule has 7 heteroatoms. The maximum Gasteiger partial charge on any atom is 0.243 e. The van der Waals surface area contributed by atoms with Gasteiger partial charge >= 0.3 is 0 Å². The van der Waals surface area contributed by atoms with E-state index in [4.69, 9.17) is 4.74 Å². The molecule has 5 nitrogen and oxygen atoms in total. The van der Waals surface area contributed by atoms with Gasteiger partial charge in [0.05, 0.1) is 0 Å². The third kappa shape index (κ3) is 6.38. The molecule has 0 spiro atoms. The SMILES string of the molecule is Cc1cccc(Oc2ncccc2NC(=O)CCC2CCNC2)c1C.Cl.Cl. The minimum absolute atomic E-state index is 0. The van der Waals surface area contributed by atoms with E-state index >= 15 is 0 Å². The van der Waals surface area contributed by atoms with E-state index in [2.05, 4.69) is 15.6 Å². The molecule has 2 aromatic rings. The number of aryl methyl sites for hydroxylation is 1. The summed E-state index contributed by atoms with van der Waals surface area (Å²) in [5.41, 5.74) is 2.83. The lowest BCUT2D eigenvalue weighted by atomic mass is 10.0. The molecule has 0 saturated carbocycles. The topological polar surface area (TPSA) is 63.2 Å². The fraction of sp³-hybridized carbons (Fsp3) is 0.400. The number of nitrogens with one attached hydrogen (secondary N) is 2. The Morgan fingerprint density at radius 3 is 2.81 bits per heavy atom. The van der Waals surface area contributed by atoms with Crippen molar-refractivity contribution in [2.75, 3.05) is 18.4 Å². The fourth-order valence-corrected chi connectivity index (χ4v) is 3.01. The Bertz CT molecular complexity index is 750. The normalized spacial score (nSPS) is 15.4. The number of nitrogens with zero attached hydrogens (tertiary/aromatic N) is 1. The number of amides is 1. The Morgan fingerprint density at radius 1 is 1.26 bits per heavy atom. The van der Waals surface area contributed by atoms with Gasteiger partial charge < -0.3 is 15.4 Å². The monoisotopic (exact) mass is 411 g/mol. The number of carbonyl (C=O) groups excluding carboxylic acids is 1. The number of anilines is 1. The molecule has 0 aliphatic carbocycles. The number of rotatable bonds is 6. The van der Waals surface area contributed by atoms with Crippen molar-refractivity contribution in [3.05, 3.63) is 47.7 Å². The first-order valence-corrected chi connectivity index (χ1v) is 8.83. The Morgan fingerprint density at radius 2 is 2.07 bits per heavy atom. The molecule has 0 bridgehead atoms. The van der Waals surface area contributed by atoms with Gasteiger partial charge in [0.25, 0.3) is 0 Å². The van der Waals surface area contributed by atoms with E-state index < -0.39 is 0 Å². The zero-order valence-electron chi connectivity index (χ0n) is 15.7. The van der Waals surface area contributed by atoms with Gasteiger partial charge in [0, 0.05) is 12.6 Å². The van der Waals surface area contributed by atoms with Crippen molar-refractivity contribution in [3.63, 3.8) is 0 Å². The second kappa shape index (κ2) is 11.1. The second-order valence-electron chi connectivity index (χ2n) is 6.60. The molecule has 148 valence electrons. The molecule has 1 aromatic carbocycles. The van der Waals surface area contributed by atoms with Gasteiger partial charge in [-0.25, -0.2) is 4.98 Å². The van der Waals surface area contributed by atoms with Crippen LogP contribution in [-0.2, 0) is 4.79 Å². The maximum atomic E-state index is 12.3. The summed E-state index contributed by atoms with van der Waals surface area (Å²) in [6, 6.07) is 9.53. The van der Waals surface area contributed by atoms with Gasteiger partial charge in [-0.2, -0.15) is 0 Å².